The predicted octanol–water partition coefficient (Wildman–Crippen LogP) is 2.88. The molecule has 206 valence electrons. The molecule has 1 aromatic heterocycles. The summed E-state index contributed by atoms with van der Waals surface area (Å²) in [5, 5.41) is 7.84. The van der Waals surface area contributed by atoms with Gasteiger partial charge in [-0.1, -0.05) is 5.21 Å². The summed E-state index contributed by atoms with van der Waals surface area (Å²) in [6.07, 6.45) is 3.22. The van der Waals surface area contributed by atoms with Crippen molar-refractivity contribution in [1.29, 1.82) is 0 Å². The zero-order chi connectivity index (χ0) is 27.7. The van der Waals surface area contributed by atoms with Crippen molar-refractivity contribution < 1.29 is 35.9 Å². The van der Waals surface area contributed by atoms with Crippen LogP contribution in [0.1, 0.15) is 35.3 Å². The molecular formula is C25H24F3N5O5S. The van der Waals surface area contributed by atoms with Gasteiger partial charge in [-0.15, -0.1) is 5.10 Å². The van der Waals surface area contributed by atoms with E-state index in [-0.39, 0.29) is 48.1 Å². The minimum atomic E-state index is -4.09. The van der Waals surface area contributed by atoms with Gasteiger partial charge in [-0.05, 0) is 56.0 Å². The predicted molar refractivity (Wildman–Crippen MR) is 131 cm³/mol. The number of amides is 1. The molecule has 2 aliphatic heterocycles. The number of rotatable bonds is 10. The maximum absolute atomic E-state index is 14.0. The van der Waals surface area contributed by atoms with Crippen molar-refractivity contribution in [3.63, 3.8) is 0 Å². The van der Waals surface area contributed by atoms with Crippen LogP contribution in [-0.4, -0.2) is 65.3 Å². The average Bonchev–Trinajstić information content (AvgIpc) is 3.63. The van der Waals surface area contributed by atoms with Gasteiger partial charge in [-0.3, -0.25) is 18.9 Å². The molecular weight excluding hydrogens is 539 g/mol. The quantitative estimate of drug-likeness (QED) is 0.349. The third-order valence-corrected chi connectivity index (χ3v) is 8.58. The fourth-order valence-electron chi connectivity index (χ4n) is 4.70. The van der Waals surface area contributed by atoms with Crippen molar-refractivity contribution in [3.8, 4) is 5.75 Å². The minimum Gasteiger partial charge on any atom is -0.489 e. The van der Waals surface area contributed by atoms with E-state index in [4.69, 9.17) is 4.74 Å². The number of aromatic nitrogens is 3. The van der Waals surface area contributed by atoms with Crippen molar-refractivity contribution >= 4 is 27.4 Å². The van der Waals surface area contributed by atoms with Gasteiger partial charge in [-0.2, -0.15) is 4.31 Å². The second kappa shape index (κ2) is 10.8. The van der Waals surface area contributed by atoms with Gasteiger partial charge in [0.15, 0.2) is 11.6 Å². The van der Waals surface area contributed by atoms with Crippen LogP contribution in [-0.2, 0) is 27.9 Å². The number of carbonyl (C=O) groups excluding carboxylic acids is 2. The van der Waals surface area contributed by atoms with Crippen molar-refractivity contribution in [1.82, 2.24) is 19.3 Å². The number of nitrogens with zero attached hydrogens (tertiary/aromatic N) is 5. The van der Waals surface area contributed by atoms with Crippen LogP contribution in [0, 0.1) is 11.6 Å². The molecule has 3 aromatic rings. The highest BCUT2D eigenvalue weighted by molar-refractivity contribution is 7.89. The number of anilines is 1. The van der Waals surface area contributed by atoms with Gasteiger partial charge in [0.25, 0.3) is 5.78 Å². The molecule has 0 spiro atoms. The van der Waals surface area contributed by atoms with Gasteiger partial charge < -0.3 is 4.74 Å². The monoisotopic (exact) mass is 563 g/mol. The first kappa shape index (κ1) is 26.8. The van der Waals surface area contributed by atoms with Crippen LogP contribution in [0.15, 0.2) is 47.5 Å². The fourth-order valence-corrected chi connectivity index (χ4v) is 6.41. The van der Waals surface area contributed by atoms with E-state index < -0.39 is 46.1 Å². The smallest absolute Gasteiger partial charge is 0.301 e. The zero-order valence-electron chi connectivity index (χ0n) is 20.6. The second-order valence-corrected chi connectivity index (χ2v) is 11.1. The molecule has 0 radical (unpaired) electrons. The average molecular weight is 564 g/mol. The van der Waals surface area contributed by atoms with E-state index in [1.807, 2.05) is 0 Å². The Morgan fingerprint density at radius 3 is 2.69 bits per heavy atom. The summed E-state index contributed by atoms with van der Waals surface area (Å²) in [7, 11) is -4.09. The van der Waals surface area contributed by atoms with Gasteiger partial charge in [0.05, 0.1) is 40.8 Å². The van der Waals surface area contributed by atoms with Crippen molar-refractivity contribution in [2.45, 2.75) is 43.3 Å². The molecule has 3 heterocycles. The first-order valence-electron chi connectivity index (χ1n) is 12.2. The number of benzene rings is 2. The second-order valence-electron chi connectivity index (χ2n) is 9.22. The van der Waals surface area contributed by atoms with Gasteiger partial charge in [-0.25, -0.2) is 21.9 Å². The van der Waals surface area contributed by atoms with Gasteiger partial charge >= 0.3 is 5.91 Å². The Balaban J connectivity index is 1.33. The molecule has 2 aromatic carbocycles. The number of aryl methyl sites for hydroxylation is 1. The van der Waals surface area contributed by atoms with Crippen LogP contribution in [0.25, 0.3) is 0 Å². The van der Waals surface area contributed by atoms with Crippen molar-refractivity contribution in [2.75, 3.05) is 24.7 Å². The summed E-state index contributed by atoms with van der Waals surface area (Å²) in [6, 6.07) is 6.13. The van der Waals surface area contributed by atoms with E-state index in [9.17, 15) is 31.2 Å². The lowest BCUT2D eigenvalue weighted by molar-refractivity contribution is -0.114. The maximum atomic E-state index is 14.0. The lowest BCUT2D eigenvalue weighted by atomic mass is 10.1. The third-order valence-electron chi connectivity index (χ3n) is 6.64. The third kappa shape index (κ3) is 5.26. The van der Waals surface area contributed by atoms with Crippen LogP contribution in [0.3, 0.4) is 0 Å². The molecule has 0 saturated carbocycles. The molecule has 2 aliphatic rings. The molecule has 1 amide bonds. The minimum absolute atomic E-state index is 0.0563. The summed E-state index contributed by atoms with van der Waals surface area (Å²) in [6.45, 7) is -0.584. The van der Waals surface area contributed by atoms with Crippen molar-refractivity contribution in [3.05, 3.63) is 65.5 Å². The van der Waals surface area contributed by atoms with Crippen LogP contribution in [0.4, 0.5) is 18.9 Å². The van der Waals surface area contributed by atoms with Crippen LogP contribution < -0.4 is 9.64 Å². The maximum Gasteiger partial charge on any atom is 0.301 e. The Labute approximate surface area is 222 Å². The van der Waals surface area contributed by atoms with E-state index in [0.29, 0.717) is 31.0 Å². The summed E-state index contributed by atoms with van der Waals surface area (Å²) in [4.78, 5) is 26.5. The number of ether oxygens (including phenoxy) is 1. The summed E-state index contributed by atoms with van der Waals surface area (Å²) in [5.41, 5.74) is 0.718. The first-order chi connectivity index (χ1) is 18.7. The standard InChI is InChI=1S/C25H24F3N5O5S/c26-9-1-3-17-13-31(30-29-17)15-32-22-7-6-19(12-20(22)24(34)25(32)35)39(36,37)33-10-2-4-18(33)14-38-23-8-5-16(27)11-21(23)28/h5-8,11-13,18H,1-4,9-10,14-15H2/t18-/m0/s1. The number of carbonyl (C=O) groups is 2. The number of halogens is 3. The molecule has 14 heteroatoms. The molecule has 0 unspecified atom stereocenters. The Morgan fingerprint density at radius 1 is 1.10 bits per heavy atom. The summed E-state index contributed by atoms with van der Waals surface area (Å²) in [5.74, 6) is -3.53. The Morgan fingerprint density at radius 2 is 1.92 bits per heavy atom. The zero-order valence-corrected chi connectivity index (χ0v) is 21.4. The van der Waals surface area contributed by atoms with E-state index in [2.05, 4.69) is 10.3 Å². The van der Waals surface area contributed by atoms with Gasteiger partial charge in [0.2, 0.25) is 10.0 Å². The Kier molecular flexibility index (Phi) is 7.40. The highest BCUT2D eigenvalue weighted by Gasteiger charge is 2.40. The van der Waals surface area contributed by atoms with Crippen molar-refractivity contribution in [2.24, 2.45) is 0 Å². The molecule has 1 saturated heterocycles. The number of sulfonamides is 1. The Bertz CT molecular complexity index is 1530. The van der Waals surface area contributed by atoms with Crippen LogP contribution in [0.5, 0.6) is 5.75 Å². The lowest BCUT2D eigenvalue weighted by Crippen LogP contribution is -2.39. The number of ketones is 1. The highest BCUT2D eigenvalue weighted by atomic mass is 32.2. The fraction of sp³-hybridized carbons (Fsp3) is 0.360. The number of hydrogen-bond donors (Lipinski definition) is 0. The van der Waals surface area contributed by atoms with E-state index in [0.717, 1.165) is 12.1 Å². The van der Waals surface area contributed by atoms with E-state index in [1.165, 1.54) is 32.1 Å². The molecule has 1 atom stereocenters. The molecule has 5 rings (SSSR count). The van der Waals surface area contributed by atoms with E-state index in [1.54, 1.807) is 6.20 Å². The number of fused-ring (bicyclic) bond motifs is 1. The van der Waals surface area contributed by atoms with Gasteiger partial charge in [0, 0.05) is 12.6 Å². The number of alkyl halides is 1. The number of hydrogen-bond acceptors (Lipinski definition) is 7. The topological polar surface area (TPSA) is 115 Å². The molecule has 0 aliphatic carbocycles. The normalized spacial score (nSPS) is 17.7. The molecule has 0 bridgehead atoms. The van der Waals surface area contributed by atoms with Crippen LogP contribution in [0.2, 0.25) is 0 Å². The molecule has 39 heavy (non-hydrogen) atoms. The molecule has 1 fully saturated rings. The molecule has 10 nitrogen and oxygen atoms in total. The lowest BCUT2D eigenvalue weighted by Gasteiger charge is -2.24. The largest absolute Gasteiger partial charge is 0.489 e. The summed E-state index contributed by atoms with van der Waals surface area (Å²) < 4.78 is 74.6. The molecule has 0 N–H and O–H groups in total. The SMILES string of the molecule is O=C1C(=O)N(Cn2cc(CCCF)nn2)c2ccc(S(=O)(=O)N3CCC[C@H]3COc3ccc(F)cc3F)cc21. The number of Topliss-reactive ketones (excluding diaryl/α,β-unsaturated/α-hetero) is 1. The van der Waals surface area contributed by atoms with E-state index >= 15 is 0 Å². The van der Waals surface area contributed by atoms with Crippen LogP contribution >= 0.6 is 0 Å². The first-order valence-corrected chi connectivity index (χ1v) is 13.7. The Hall–Kier alpha value is -3.78. The summed E-state index contributed by atoms with van der Waals surface area (Å²) >= 11 is 0. The highest BCUT2D eigenvalue weighted by Crippen LogP contribution is 2.34. The van der Waals surface area contributed by atoms with Gasteiger partial charge in [0.1, 0.15) is 19.1 Å².